The first-order valence-electron chi connectivity index (χ1n) is 6.61. The molecule has 1 fully saturated rings. The quantitative estimate of drug-likeness (QED) is 0.796. The topological polar surface area (TPSA) is 29.8 Å². The van der Waals surface area contributed by atoms with Crippen LogP contribution in [0, 0.1) is 0 Å². The number of ether oxygens (including phenoxy) is 1. The SMILES string of the molecule is CC1CN(c2nc3ccccn3c2CBr)C(C)CO1. The van der Waals surface area contributed by atoms with Crippen LogP contribution in [0.5, 0.6) is 0 Å². The molecule has 102 valence electrons. The molecule has 3 heterocycles. The lowest BCUT2D eigenvalue weighted by Crippen LogP contribution is -2.48. The number of imidazole rings is 1. The maximum atomic E-state index is 5.70. The summed E-state index contributed by atoms with van der Waals surface area (Å²) in [5.74, 6) is 1.07. The van der Waals surface area contributed by atoms with Gasteiger partial charge in [0.2, 0.25) is 0 Å². The van der Waals surface area contributed by atoms with Crippen molar-refractivity contribution in [3.63, 3.8) is 0 Å². The van der Waals surface area contributed by atoms with E-state index >= 15 is 0 Å². The van der Waals surface area contributed by atoms with E-state index in [0.29, 0.717) is 6.04 Å². The van der Waals surface area contributed by atoms with Crippen LogP contribution in [0.15, 0.2) is 24.4 Å². The molecule has 0 bridgehead atoms. The number of halogens is 1. The molecule has 0 amide bonds. The van der Waals surface area contributed by atoms with Crippen LogP contribution in [0.25, 0.3) is 5.65 Å². The Morgan fingerprint density at radius 3 is 3.05 bits per heavy atom. The molecule has 4 nitrogen and oxygen atoms in total. The van der Waals surface area contributed by atoms with Crippen molar-refractivity contribution in [1.29, 1.82) is 0 Å². The number of hydrogen-bond acceptors (Lipinski definition) is 3. The van der Waals surface area contributed by atoms with Gasteiger partial charge in [-0.25, -0.2) is 4.98 Å². The van der Waals surface area contributed by atoms with E-state index in [1.165, 1.54) is 5.69 Å². The van der Waals surface area contributed by atoms with E-state index in [4.69, 9.17) is 9.72 Å². The van der Waals surface area contributed by atoms with Gasteiger partial charge < -0.3 is 14.0 Å². The summed E-state index contributed by atoms with van der Waals surface area (Å²) >= 11 is 3.59. The van der Waals surface area contributed by atoms with Crippen molar-refractivity contribution in [2.45, 2.75) is 31.3 Å². The van der Waals surface area contributed by atoms with Gasteiger partial charge in [-0.3, -0.25) is 0 Å². The van der Waals surface area contributed by atoms with E-state index in [0.717, 1.165) is 29.9 Å². The number of morpholine rings is 1. The van der Waals surface area contributed by atoms with Gasteiger partial charge in [0.15, 0.2) is 5.82 Å². The average molecular weight is 324 g/mol. The second-order valence-corrected chi connectivity index (χ2v) is 5.65. The largest absolute Gasteiger partial charge is 0.375 e. The maximum Gasteiger partial charge on any atom is 0.152 e. The minimum absolute atomic E-state index is 0.254. The van der Waals surface area contributed by atoms with Crippen molar-refractivity contribution < 1.29 is 4.74 Å². The number of hydrogen-bond donors (Lipinski definition) is 0. The molecule has 19 heavy (non-hydrogen) atoms. The molecule has 1 saturated heterocycles. The molecule has 2 aromatic rings. The minimum atomic E-state index is 0.254. The van der Waals surface area contributed by atoms with Crippen molar-refractivity contribution in [2.75, 3.05) is 18.1 Å². The predicted octanol–water partition coefficient (Wildman–Crippen LogP) is 2.84. The number of alkyl halides is 1. The molecular formula is C14H18BrN3O. The lowest BCUT2D eigenvalue weighted by molar-refractivity contribution is 0.0340. The van der Waals surface area contributed by atoms with Gasteiger partial charge in [0.1, 0.15) is 5.65 Å². The standard InChI is InChI=1S/C14H18BrN3O/c1-10-9-19-11(2)8-18(10)14-12(7-15)17-6-4-3-5-13(17)16-14/h3-6,10-11H,7-9H2,1-2H3. The van der Waals surface area contributed by atoms with Crippen LogP contribution < -0.4 is 4.90 Å². The number of anilines is 1. The highest BCUT2D eigenvalue weighted by Crippen LogP contribution is 2.27. The van der Waals surface area contributed by atoms with E-state index in [9.17, 15) is 0 Å². The van der Waals surface area contributed by atoms with Gasteiger partial charge in [0.05, 0.1) is 24.4 Å². The summed E-state index contributed by atoms with van der Waals surface area (Å²) in [6.07, 6.45) is 2.32. The lowest BCUT2D eigenvalue weighted by Gasteiger charge is -2.37. The second kappa shape index (κ2) is 5.13. The van der Waals surface area contributed by atoms with Gasteiger partial charge >= 0.3 is 0 Å². The Labute approximate surface area is 121 Å². The van der Waals surface area contributed by atoms with E-state index in [1.807, 2.05) is 18.2 Å². The molecule has 3 rings (SSSR count). The average Bonchev–Trinajstić information content (AvgIpc) is 2.79. The molecule has 0 radical (unpaired) electrons. The third-order valence-electron chi connectivity index (χ3n) is 3.61. The highest BCUT2D eigenvalue weighted by molar-refractivity contribution is 9.08. The van der Waals surface area contributed by atoms with Gasteiger partial charge in [0, 0.05) is 18.1 Å². The van der Waals surface area contributed by atoms with Crippen molar-refractivity contribution >= 4 is 27.4 Å². The molecule has 1 aliphatic rings. The molecular weight excluding hydrogens is 306 g/mol. The van der Waals surface area contributed by atoms with Gasteiger partial charge in [-0.15, -0.1) is 0 Å². The summed E-state index contributed by atoms with van der Waals surface area (Å²) in [6, 6.07) is 6.47. The smallest absolute Gasteiger partial charge is 0.152 e. The minimum Gasteiger partial charge on any atom is -0.375 e. The number of aromatic nitrogens is 2. The molecule has 0 saturated carbocycles. The molecule has 0 aliphatic carbocycles. The molecule has 0 N–H and O–H groups in total. The van der Waals surface area contributed by atoms with Crippen molar-refractivity contribution in [1.82, 2.24) is 9.38 Å². The number of nitrogens with zero attached hydrogens (tertiary/aromatic N) is 3. The summed E-state index contributed by atoms with van der Waals surface area (Å²) in [6.45, 7) is 5.96. The Hall–Kier alpha value is -1.07. The Bertz CT molecular complexity index is 583. The van der Waals surface area contributed by atoms with Crippen LogP contribution in [-0.2, 0) is 10.1 Å². The Kier molecular flexibility index (Phi) is 3.50. The summed E-state index contributed by atoms with van der Waals surface area (Å²) in [5.41, 5.74) is 2.20. The van der Waals surface area contributed by atoms with Gasteiger partial charge in [-0.2, -0.15) is 0 Å². The lowest BCUT2D eigenvalue weighted by atomic mass is 10.2. The molecule has 2 unspecified atom stereocenters. The van der Waals surface area contributed by atoms with Crippen molar-refractivity contribution in [3.05, 3.63) is 30.1 Å². The maximum absolute atomic E-state index is 5.70. The molecule has 0 spiro atoms. The third kappa shape index (κ3) is 2.25. The van der Waals surface area contributed by atoms with Crippen LogP contribution in [0.1, 0.15) is 19.5 Å². The van der Waals surface area contributed by atoms with Crippen molar-refractivity contribution in [3.8, 4) is 0 Å². The normalized spacial score (nSPS) is 24.1. The summed E-state index contributed by atoms with van der Waals surface area (Å²) in [7, 11) is 0. The van der Waals surface area contributed by atoms with Gasteiger partial charge in [0.25, 0.3) is 0 Å². The molecule has 1 aliphatic heterocycles. The molecule has 2 aromatic heterocycles. The van der Waals surface area contributed by atoms with Crippen LogP contribution in [0.4, 0.5) is 5.82 Å². The van der Waals surface area contributed by atoms with Gasteiger partial charge in [-0.05, 0) is 26.0 Å². The van der Waals surface area contributed by atoms with Crippen LogP contribution in [0.2, 0.25) is 0 Å². The number of fused-ring (bicyclic) bond motifs is 1. The molecule has 0 aromatic carbocycles. The molecule has 5 heteroatoms. The van der Waals surface area contributed by atoms with Gasteiger partial charge in [-0.1, -0.05) is 22.0 Å². The van der Waals surface area contributed by atoms with E-state index in [1.54, 1.807) is 0 Å². The number of rotatable bonds is 2. The Morgan fingerprint density at radius 1 is 1.42 bits per heavy atom. The summed E-state index contributed by atoms with van der Waals surface area (Å²) in [4.78, 5) is 7.15. The van der Waals surface area contributed by atoms with Crippen LogP contribution >= 0.6 is 15.9 Å². The Balaban J connectivity index is 2.08. The van der Waals surface area contributed by atoms with E-state index in [-0.39, 0.29) is 6.10 Å². The first-order chi connectivity index (χ1) is 9.20. The second-order valence-electron chi connectivity index (χ2n) is 5.09. The third-order valence-corrected chi connectivity index (χ3v) is 4.15. The van der Waals surface area contributed by atoms with Crippen LogP contribution in [0.3, 0.4) is 0 Å². The summed E-state index contributed by atoms with van der Waals surface area (Å²) in [5, 5.41) is 0.798. The van der Waals surface area contributed by atoms with E-state index in [2.05, 4.69) is 45.3 Å². The predicted molar refractivity (Wildman–Crippen MR) is 80.0 cm³/mol. The fourth-order valence-corrected chi connectivity index (χ4v) is 3.11. The zero-order chi connectivity index (χ0) is 13.4. The van der Waals surface area contributed by atoms with Crippen LogP contribution in [-0.4, -0.2) is 34.7 Å². The van der Waals surface area contributed by atoms with E-state index < -0.39 is 0 Å². The first kappa shape index (κ1) is 12.9. The van der Waals surface area contributed by atoms with Crippen molar-refractivity contribution in [2.24, 2.45) is 0 Å². The fourth-order valence-electron chi connectivity index (χ4n) is 2.59. The zero-order valence-electron chi connectivity index (χ0n) is 11.2. The fraction of sp³-hybridized carbons (Fsp3) is 0.500. The first-order valence-corrected chi connectivity index (χ1v) is 7.73. The number of pyridine rings is 1. The molecule has 2 atom stereocenters. The summed E-state index contributed by atoms with van der Waals surface area (Å²) < 4.78 is 7.85. The highest BCUT2D eigenvalue weighted by Gasteiger charge is 2.27. The monoisotopic (exact) mass is 323 g/mol. The zero-order valence-corrected chi connectivity index (χ0v) is 12.8. The highest BCUT2D eigenvalue weighted by atomic mass is 79.9. The Morgan fingerprint density at radius 2 is 2.26 bits per heavy atom.